The molecule has 5 nitrogen and oxygen atoms in total. The van der Waals surface area contributed by atoms with E-state index in [1.54, 1.807) is 30.3 Å². The summed E-state index contributed by atoms with van der Waals surface area (Å²) >= 11 is 24.5. The number of likely N-dealkylation sites (N-methyl/N-ethyl adjacent to an activating group) is 1. The Balaban J connectivity index is 2.28. The summed E-state index contributed by atoms with van der Waals surface area (Å²) in [4.78, 5) is 26.8. The van der Waals surface area contributed by atoms with E-state index in [2.05, 4.69) is 5.32 Å². The normalized spacial score (nSPS) is 11.7. The van der Waals surface area contributed by atoms with Crippen LogP contribution in [0.4, 0.5) is 0 Å². The summed E-state index contributed by atoms with van der Waals surface area (Å²) < 4.78 is 5.56. The number of nitrogens with one attached hydrogen (secondary N) is 1. The second-order valence-corrected chi connectivity index (χ2v) is 7.78. The topological polar surface area (TPSA) is 58.6 Å². The van der Waals surface area contributed by atoms with E-state index in [1.807, 2.05) is 6.92 Å². The van der Waals surface area contributed by atoms with E-state index in [0.29, 0.717) is 32.8 Å². The number of carbonyl (C=O) groups excluding carboxylic acids is 2. The highest BCUT2D eigenvalue weighted by Gasteiger charge is 2.29. The molecule has 2 aromatic rings. The number of ether oxygens (including phenoxy) is 1. The van der Waals surface area contributed by atoms with Gasteiger partial charge in [-0.05, 0) is 36.8 Å². The molecular weight excluding hydrogens is 458 g/mol. The van der Waals surface area contributed by atoms with Crippen molar-refractivity contribution in [3.63, 3.8) is 0 Å². The van der Waals surface area contributed by atoms with Crippen molar-refractivity contribution >= 4 is 58.2 Å². The maximum atomic E-state index is 13.0. The lowest BCUT2D eigenvalue weighted by atomic mass is 10.1. The highest BCUT2D eigenvalue weighted by atomic mass is 35.5. The third-order valence-corrected chi connectivity index (χ3v) is 5.51. The molecule has 0 heterocycles. The predicted molar refractivity (Wildman–Crippen MR) is 117 cm³/mol. The second-order valence-electron chi connectivity index (χ2n) is 6.12. The van der Waals surface area contributed by atoms with Crippen molar-refractivity contribution in [2.24, 2.45) is 0 Å². The average molecular weight is 478 g/mol. The smallest absolute Gasteiger partial charge is 0.261 e. The van der Waals surface area contributed by atoms with E-state index in [0.717, 1.165) is 0 Å². The molecule has 2 rings (SSSR count). The molecule has 0 aliphatic carbocycles. The van der Waals surface area contributed by atoms with Crippen molar-refractivity contribution in [2.45, 2.75) is 25.9 Å². The summed E-state index contributed by atoms with van der Waals surface area (Å²) in [6, 6.07) is 9.04. The van der Waals surface area contributed by atoms with Crippen LogP contribution < -0.4 is 10.1 Å². The highest BCUT2D eigenvalue weighted by Crippen LogP contribution is 2.29. The first-order valence-electron chi connectivity index (χ1n) is 8.80. The summed E-state index contributed by atoms with van der Waals surface area (Å²) in [5.41, 5.74) is 0.552. The Morgan fingerprint density at radius 3 is 2.28 bits per heavy atom. The molecule has 29 heavy (non-hydrogen) atoms. The van der Waals surface area contributed by atoms with Crippen LogP contribution in [-0.4, -0.2) is 36.4 Å². The molecule has 1 N–H and O–H groups in total. The van der Waals surface area contributed by atoms with Crippen LogP contribution in [0.1, 0.15) is 18.9 Å². The zero-order chi connectivity index (χ0) is 21.6. The van der Waals surface area contributed by atoms with Gasteiger partial charge in [0.05, 0.1) is 5.02 Å². The third-order valence-electron chi connectivity index (χ3n) is 4.27. The summed E-state index contributed by atoms with van der Waals surface area (Å²) in [5, 5.41) is 4.13. The fourth-order valence-electron chi connectivity index (χ4n) is 2.75. The molecule has 1 atom stereocenters. The van der Waals surface area contributed by atoms with Crippen molar-refractivity contribution in [1.29, 1.82) is 0 Å². The Hall–Kier alpha value is -1.66. The molecule has 0 fully saturated rings. The summed E-state index contributed by atoms with van der Waals surface area (Å²) in [7, 11) is 1.51. The highest BCUT2D eigenvalue weighted by molar-refractivity contribution is 6.36. The molecule has 156 valence electrons. The minimum atomic E-state index is -0.718. The molecule has 0 saturated heterocycles. The number of amides is 2. The molecule has 0 bridgehead atoms. The van der Waals surface area contributed by atoms with Gasteiger partial charge in [0.25, 0.3) is 5.91 Å². The third kappa shape index (κ3) is 6.16. The van der Waals surface area contributed by atoms with E-state index in [4.69, 9.17) is 51.1 Å². The maximum absolute atomic E-state index is 13.0. The van der Waals surface area contributed by atoms with Gasteiger partial charge in [-0.1, -0.05) is 59.4 Å². The number of hydrogen-bond acceptors (Lipinski definition) is 3. The van der Waals surface area contributed by atoms with Crippen molar-refractivity contribution in [3.8, 4) is 5.75 Å². The Kier molecular flexibility index (Phi) is 8.90. The monoisotopic (exact) mass is 476 g/mol. The van der Waals surface area contributed by atoms with Gasteiger partial charge in [0.2, 0.25) is 5.91 Å². The van der Waals surface area contributed by atoms with Crippen molar-refractivity contribution in [1.82, 2.24) is 10.2 Å². The first-order valence-corrected chi connectivity index (χ1v) is 10.3. The molecule has 0 aliphatic heterocycles. The summed E-state index contributed by atoms with van der Waals surface area (Å²) in [5.74, 6) is -0.399. The first-order chi connectivity index (χ1) is 13.8. The molecule has 0 aromatic heterocycles. The minimum absolute atomic E-state index is 0.0565. The van der Waals surface area contributed by atoms with Crippen LogP contribution in [0, 0.1) is 0 Å². The molecule has 2 amide bonds. The van der Waals surface area contributed by atoms with E-state index < -0.39 is 11.9 Å². The lowest BCUT2D eigenvalue weighted by molar-refractivity contribution is -0.142. The molecule has 0 unspecified atom stereocenters. The van der Waals surface area contributed by atoms with Crippen LogP contribution in [0.2, 0.25) is 20.1 Å². The fourth-order valence-corrected chi connectivity index (χ4v) is 3.73. The van der Waals surface area contributed by atoms with Crippen molar-refractivity contribution in [2.75, 3.05) is 13.7 Å². The van der Waals surface area contributed by atoms with Crippen LogP contribution in [-0.2, 0) is 16.1 Å². The lowest BCUT2D eigenvalue weighted by Crippen LogP contribution is -2.49. The van der Waals surface area contributed by atoms with E-state index in [9.17, 15) is 9.59 Å². The van der Waals surface area contributed by atoms with Gasteiger partial charge in [0.1, 0.15) is 11.8 Å². The number of rotatable bonds is 8. The van der Waals surface area contributed by atoms with Gasteiger partial charge in [-0.25, -0.2) is 0 Å². The Morgan fingerprint density at radius 1 is 1.07 bits per heavy atom. The van der Waals surface area contributed by atoms with Crippen LogP contribution in [0.3, 0.4) is 0 Å². The molecule has 0 aliphatic rings. The van der Waals surface area contributed by atoms with E-state index in [1.165, 1.54) is 18.0 Å². The first kappa shape index (κ1) is 23.6. The lowest BCUT2D eigenvalue weighted by Gasteiger charge is -2.30. The van der Waals surface area contributed by atoms with E-state index in [-0.39, 0.29) is 24.1 Å². The van der Waals surface area contributed by atoms with Crippen molar-refractivity contribution < 1.29 is 14.3 Å². The van der Waals surface area contributed by atoms with Crippen molar-refractivity contribution in [3.05, 3.63) is 62.1 Å². The van der Waals surface area contributed by atoms with Gasteiger partial charge in [-0.3, -0.25) is 9.59 Å². The van der Waals surface area contributed by atoms with Crippen LogP contribution in [0.25, 0.3) is 0 Å². The standard InChI is InChI=1S/C20H20Cl4N2O3/c1-3-17(20(28)25-2)26(10-13-14(22)5-4-6-15(13)23)19(27)11-29-18-8-7-12(21)9-16(18)24/h4-9,17H,3,10-11H2,1-2H3,(H,25,28)/t17-/m1/s1. The number of hydrogen-bond donors (Lipinski definition) is 1. The second kappa shape index (κ2) is 10.9. The minimum Gasteiger partial charge on any atom is -0.482 e. The molecule has 9 heteroatoms. The Bertz CT molecular complexity index is 872. The number of halogens is 4. The van der Waals surface area contributed by atoms with Crippen LogP contribution in [0.15, 0.2) is 36.4 Å². The zero-order valence-corrected chi connectivity index (χ0v) is 18.9. The molecular formula is C20H20Cl4N2O3. The van der Waals surface area contributed by atoms with E-state index >= 15 is 0 Å². The number of carbonyl (C=O) groups is 2. The summed E-state index contributed by atoms with van der Waals surface area (Å²) in [6.07, 6.45) is 0.398. The van der Waals surface area contributed by atoms with Gasteiger partial charge >= 0.3 is 0 Å². The number of benzene rings is 2. The zero-order valence-electron chi connectivity index (χ0n) is 15.8. The van der Waals surface area contributed by atoms with Gasteiger partial charge < -0.3 is 15.0 Å². The quantitative estimate of drug-likeness (QED) is 0.566. The molecule has 0 radical (unpaired) electrons. The van der Waals surface area contributed by atoms with Gasteiger partial charge in [0, 0.05) is 34.2 Å². The average Bonchev–Trinajstić information content (AvgIpc) is 2.68. The van der Waals surface area contributed by atoms with Gasteiger partial charge in [-0.15, -0.1) is 0 Å². The molecule has 0 spiro atoms. The van der Waals surface area contributed by atoms with Gasteiger partial charge in [0.15, 0.2) is 6.61 Å². The SMILES string of the molecule is CC[C@H](C(=O)NC)N(Cc1c(Cl)cccc1Cl)C(=O)COc1ccc(Cl)cc1Cl. The maximum Gasteiger partial charge on any atom is 0.261 e. The largest absolute Gasteiger partial charge is 0.482 e. The van der Waals surface area contributed by atoms with Gasteiger partial charge in [-0.2, -0.15) is 0 Å². The fraction of sp³-hybridized carbons (Fsp3) is 0.300. The van der Waals surface area contributed by atoms with Crippen LogP contribution >= 0.6 is 46.4 Å². The molecule has 2 aromatic carbocycles. The predicted octanol–water partition coefficient (Wildman–Crippen LogP) is 5.23. The Labute approximate surface area is 189 Å². The number of nitrogens with zero attached hydrogens (tertiary/aromatic N) is 1. The summed E-state index contributed by atoms with van der Waals surface area (Å²) in [6.45, 7) is 1.54. The Morgan fingerprint density at radius 2 is 1.72 bits per heavy atom. The molecule has 0 saturated carbocycles. The van der Waals surface area contributed by atoms with Crippen LogP contribution in [0.5, 0.6) is 5.75 Å².